The maximum absolute atomic E-state index is 13.5. The maximum Gasteiger partial charge on any atom is 0.264 e. The van der Waals surface area contributed by atoms with Crippen LogP contribution >= 0.6 is 11.6 Å². The molecule has 2 amide bonds. The van der Waals surface area contributed by atoms with Gasteiger partial charge in [0.05, 0.1) is 10.6 Å². The Kier molecular flexibility index (Phi) is 6.86. The molecule has 0 aliphatic rings. The van der Waals surface area contributed by atoms with Crippen molar-refractivity contribution in [2.75, 3.05) is 16.2 Å². The van der Waals surface area contributed by atoms with Gasteiger partial charge in [-0.2, -0.15) is 0 Å². The van der Waals surface area contributed by atoms with E-state index in [1.54, 1.807) is 43.3 Å². The van der Waals surface area contributed by atoms with Gasteiger partial charge < -0.3 is 11.1 Å². The molecule has 0 spiro atoms. The third-order valence-corrected chi connectivity index (χ3v) is 6.78. The maximum atomic E-state index is 13.5. The lowest BCUT2D eigenvalue weighted by Crippen LogP contribution is -2.38. The summed E-state index contributed by atoms with van der Waals surface area (Å²) in [5, 5.41) is 2.96. The highest BCUT2D eigenvalue weighted by Crippen LogP contribution is 2.29. The Labute approximate surface area is 191 Å². The van der Waals surface area contributed by atoms with Gasteiger partial charge in [-0.1, -0.05) is 41.4 Å². The monoisotopic (exact) mass is 471 g/mol. The number of carbonyl (C=O) groups is 2. The predicted molar refractivity (Wildman–Crippen MR) is 125 cm³/mol. The zero-order valence-corrected chi connectivity index (χ0v) is 19.1. The molecule has 166 valence electrons. The molecular weight excluding hydrogens is 450 g/mol. The predicted octanol–water partition coefficient (Wildman–Crippen LogP) is 3.89. The number of amides is 2. The van der Waals surface area contributed by atoms with Crippen LogP contribution in [-0.4, -0.2) is 26.8 Å². The molecule has 3 rings (SSSR count). The number of hydrogen-bond donors (Lipinski definition) is 2. The molecule has 7 nitrogen and oxygen atoms in total. The number of primary amides is 1. The van der Waals surface area contributed by atoms with Crippen LogP contribution in [0.15, 0.2) is 71.6 Å². The topological polar surface area (TPSA) is 110 Å². The summed E-state index contributed by atoms with van der Waals surface area (Å²) in [6, 6.07) is 17.3. The summed E-state index contributed by atoms with van der Waals surface area (Å²) in [5.74, 6) is -1.24. The highest BCUT2D eigenvalue weighted by atomic mass is 35.5. The van der Waals surface area contributed by atoms with Gasteiger partial charge in [-0.25, -0.2) is 8.42 Å². The van der Waals surface area contributed by atoms with Crippen LogP contribution in [0.2, 0.25) is 5.02 Å². The zero-order valence-electron chi connectivity index (χ0n) is 17.5. The molecule has 0 heterocycles. The van der Waals surface area contributed by atoms with Crippen molar-refractivity contribution in [1.29, 1.82) is 0 Å². The molecule has 3 N–H and O–H groups in total. The minimum absolute atomic E-state index is 0.0472. The highest BCUT2D eigenvalue weighted by molar-refractivity contribution is 7.92. The number of aryl methyl sites for hydroxylation is 2. The van der Waals surface area contributed by atoms with Crippen LogP contribution in [0.5, 0.6) is 0 Å². The normalized spacial score (nSPS) is 11.1. The molecule has 0 aliphatic carbocycles. The van der Waals surface area contributed by atoms with E-state index in [4.69, 9.17) is 17.3 Å². The van der Waals surface area contributed by atoms with Gasteiger partial charge in [-0.3, -0.25) is 13.9 Å². The summed E-state index contributed by atoms with van der Waals surface area (Å²) in [7, 11) is -4.08. The lowest BCUT2D eigenvalue weighted by atomic mass is 10.2. The van der Waals surface area contributed by atoms with E-state index in [9.17, 15) is 18.0 Å². The average molecular weight is 472 g/mol. The minimum atomic E-state index is -4.08. The van der Waals surface area contributed by atoms with Crippen LogP contribution in [-0.2, 0) is 14.8 Å². The Morgan fingerprint density at radius 3 is 2.34 bits per heavy atom. The second kappa shape index (κ2) is 9.42. The van der Waals surface area contributed by atoms with Crippen LogP contribution in [0.1, 0.15) is 21.5 Å². The number of halogens is 1. The van der Waals surface area contributed by atoms with Gasteiger partial charge in [-0.15, -0.1) is 0 Å². The summed E-state index contributed by atoms with van der Waals surface area (Å²) >= 11 is 6.13. The Morgan fingerprint density at radius 1 is 1.00 bits per heavy atom. The van der Waals surface area contributed by atoms with E-state index in [-0.39, 0.29) is 10.5 Å². The molecule has 0 aliphatic heterocycles. The first-order valence-corrected chi connectivity index (χ1v) is 11.4. The van der Waals surface area contributed by atoms with Crippen molar-refractivity contribution in [2.24, 2.45) is 5.73 Å². The Bertz CT molecular complexity index is 1270. The van der Waals surface area contributed by atoms with E-state index in [1.165, 1.54) is 30.3 Å². The average Bonchev–Trinajstić information content (AvgIpc) is 2.74. The smallest absolute Gasteiger partial charge is 0.264 e. The Balaban J connectivity index is 1.98. The van der Waals surface area contributed by atoms with Crippen molar-refractivity contribution in [3.63, 3.8) is 0 Å². The standard InChI is InChI=1S/C23H22ClN3O4S/c1-15-6-10-20(11-7-15)32(30,31)27(21-13-18(24)9-8-16(21)2)14-22(28)26-19-5-3-4-17(12-19)23(25)29/h3-13H,14H2,1-2H3,(H2,25,29)(H,26,28). The van der Waals surface area contributed by atoms with E-state index in [0.29, 0.717) is 22.0 Å². The third kappa shape index (κ3) is 5.27. The first-order chi connectivity index (χ1) is 15.1. The van der Waals surface area contributed by atoms with Crippen LogP contribution < -0.4 is 15.4 Å². The number of benzene rings is 3. The first-order valence-electron chi connectivity index (χ1n) is 9.63. The van der Waals surface area contributed by atoms with Crippen LogP contribution in [0.4, 0.5) is 11.4 Å². The zero-order chi connectivity index (χ0) is 23.5. The molecule has 0 aromatic heterocycles. The van der Waals surface area contributed by atoms with Crippen molar-refractivity contribution in [1.82, 2.24) is 0 Å². The fraction of sp³-hybridized carbons (Fsp3) is 0.130. The fourth-order valence-corrected chi connectivity index (χ4v) is 4.71. The lowest BCUT2D eigenvalue weighted by molar-refractivity contribution is -0.114. The number of anilines is 2. The van der Waals surface area contributed by atoms with Gasteiger partial charge in [0, 0.05) is 16.3 Å². The second-order valence-electron chi connectivity index (χ2n) is 7.25. The van der Waals surface area contributed by atoms with Gasteiger partial charge in [0.1, 0.15) is 6.54 Å². The van der Waals surface area contributed by atoms with Crippen molar-refractivity contribution in [3.8, 4) is 0 Å². The minimum Gasteiger partial charge on any atom is -0.366 e. The van der Waals surface area contributed by atoms with Gasteiger partial charge in [0.15, 0.2) is 0 Å². The van der Waals surface area contributed by atoms with Crippen molar-refractivity contribution >= 4 is 44.8 Å². The summed E-state index contributed by atoms with van der Waals surface area (Å²) < 4.78 is 28.0. The molecule has 0 fully saturated rings. The molecule has 0 radical (unpaired) electrons. The molecule has 32 heavy (non-hydrogen) atoms. The molecule has 3 aromatic rings. The van der Waals surface area contributed by atoms with E-state index in [1.807, 2.05) is 6.92 Å². The van der Waals surface area contributed by atoms with Gasteiger partial charge in [0.2, 0.25) is 11.8 Å². The van der Waals surface area contributed by atoms with Crippen molar-refractivity contribution in [2.45, 2.75) is 18.7 Å². The molecule has 3 aromatic carbocycles. The number of sulfonamides is 1. The van der Waals surface area contributed by atoms with Gasteiger partial charge >= 0.3 is 0 Å². The van der Waals surface area contributed by atoms with Crippen molar-refractivity contribution < 1.29 is 18.0 Å². The number of nitrogens with zero attached hydrogens (tertiary/aromatic N) is 1. The number of hydrogen-bond acceptors (Lipinski definition) is 4. The van der Waals surface area contributed by atoms with Crippen LogP contribution in [0.3, 0.4) is 0 Å². The summed E-state index contributed by atoms with van der Waals surface area (Å²) in [6.45, 7) is 3.08. The Hall–Kier alpha value is -3.36. The SMILES string of the molecule is Cc1ccc(S(=O)(=O)N(CC(=O)Nc2cccc(C(N)=O)c2)c2cc(Cl)ccc2C)cc1. The molecular formula is C23H22ClN3O4S. The first kappa shape index (κ1) is 23.3. The highest BCUT2D eigenvalue weighted by Gasteiger charge is 2.28. The molecule has 0 saturated carbocycles. The number of nitrogens with one attached hydrogen (secondary N) is 1. The summed E-state index contributed by atoms with van der Waals surface area (Å²) in [6.07, 6.45) is 0. The van der Waals surface area contributed by atoms with Gasteiger partial charge in [-0.05, 0) is 61.9 Å². The largest absolute Gasteiger partial charge is 0.366 e. The summed E-state index contributed by atoms with van der Waals surface area (Å²) in [5.41, 5.74) is 7.65. The number of rotatable bonds is 7. The molecule has 0 atom stereocenters. The van der Waals surface area contributed by atoms with Crippen LogP contribution in [0, 0.1) is 13.8 Å². The number of nitrogens with two attached hydrogens (primary N) is 1. The Morgan fingerprint density at radius 2 is 1.69 bits per heavy atom. The molecule has 0 unspecified atom stereocenters. The molecule has 0 bridgehead atoms. The van der Waals surface area contributed by atoms with E-state index in [0.717, 1.165) is 9.87 Å². The lowest BCUT2D eigenvalue weighted by Gasteiger charge is -2.26. The quantitative estimate of drug-likeness (QED) is 0.544. The fourth-order valence-electron chi connectivity index (χ4n) is 3.07. The van der Waals surface area contributed by atoms with Crippen LogP contribution in [0.25, 0.3) is 0 Å². The molecule has 0 saturated heterocycles. The summed E-state index contributed by atoms with van der Waals surface area (Å²) in [4.78, 5) is 24.3. The van der Waals surface area contributed by atoms with E-state index >= 15 is 0 Å². The van der Waals surface area contributed by atoms with Gasteiger partial charge in [0.25, 0.3) is 10.0 Å². The van der Waals surface area contributed by atoms with E-state index in [2.05, 4.69) is 5.32 Å². The third-order valence-electron chi connectivity index (χ3n) is 4.77. The van der Waals surface area contributed by atoms with Crippen molar-refractivity contribution in [3.05, 3.63) is 88.4 Å². The number of carbonyl (C=O) groups excluding carboxylic acids is 2. The molecule has 9 heteroatoms. The second-order valence-corrected chi connectivity index (χ2v) is 9.55. The van der Waals surface area contributed by atoms with E-state index < -0.39 is 28.4 Å².